The van der Waals surface area contributed by atoms with Crippen LogP contribution in [0.4, 0.5) is 52.7 Å². The molecule has 0 aliphatic carbocycles. The second kappa shape index (κ2) is 5.09. The third-order valence-electron chi connectivity index (χ3n) is 3.16. The summed E-state index contributed by atoms with van der Waals surface area (Å²) in [6.45, 7) is 0. The summed E-state index contributed by atoms with van der Waals surface area (Å²) >= 11 is 0. The van der Waals surface area contributed by atoms with Gasteiger partial charge in [0.15, 0.2) is 0 Å². The zero-order chi connectivity index (χ0) is 21.5. The van der Waals surface area contributed by atoms with Crippen LogP contribution in [-0.2, 0) is 28.5 Å². The summed E-state index contributed by atoms with van der Waals surface area (Å²) in [7, 11) is 0. The first kappa shape index (κ1) is 21.3. The number of hydrogen-bond acceptors (Lipinski definition) is 6. The van der Waals surface area contributed by atoms with Gasteiger partial charge in [0.05, 0.1) is 0 Å². The lowest BCUT2D eigenvalue weighted by molar-refractivity contribution is -0.498. The molecule has 1 spiro atoms. The number of carbonyl (C=O) groups excluding carboxylic acids is 2. The van der Waals surface area contributed by atoms with Gasteiger partial charge in [-0.2, -0.15) is 52.7 Å². The molecule has 18 heteroatoms. The summed E-state index contributed by atoms with van der Waals surface area (Å²) in [6.07, 6.45) is -32.3. The molecule has 0 atom stereocenters. The lowest BCUT2D eigenvalue weighted by Crippen LogP contribution is -2.63. The molecule has 2 saturated heterocycles. The summed E-state index contributed by atoms with van der Waals surface area (Å²) in [5, 5.41) is 0. The molecule has 2 fully saturated rings. The van der Waals surface area contributed by atoms with Gasteiger partial charge in [0, 0.05) is 0 Å². The molecule has 6 nitrogen and oxygen atoms in total. The number of halogens is 12. The Morgan fingerprint density at radius 2 is 0.741 bits per heavy atom. The molecule has 0 unspecified atom stereocenters. The highest BCUT2D eigenvalue weighted by Crippen LogP contribution is 2.59. The third-order valence-corrected chi connectivity index (χ3v) is 3.16. The van der Waals surface area contributed by atoms with E-state index in [0.717, 1.165) is 0 Å². The van der Waals surface area contributed by atoms with E-state index < -0.39 is 54.0 Å². The van der Waals surface area contributed by atoms with Gasteiger partial charge in [-0.05, 0) is 0 Å². The van der Waals surface area contributed by atoms with Gasteiger partial charge in [-0.15, -0.1) is 0 Å². The maximum absolute atomic E-state index is 12.8. The van der Waals surface area contributed by atoms with Crippen molar-refractivity contribution < 1.29 is 81.2 Å². The van der Waals surface area contributed by atoms with Gasteiger partial charge in [-0.25, -0.2) is 19.1 Å². The zero-order valence-electron chi connectivity index (χ0n) is 11.5. The Balaban J connectivity index is 2.64. The Morgan fingerprint density at radius 1 is 0.519 bits per heavy atom. The minimum absolute atomic E-state index is 2.97. The smallest absolute Gasteiger partial charge is 0.371 e. The van der Waals surface area contributed by atoms with Crippen LogP contribution in [0.1, 0.15) is 0 Å². The van der Waals surface area contributed by atoms with Crippen molar-refractivity contribution in [2.24, 2.45) is 0 Å². The Labute approximate surface area is 136 Å². The van der Waals surface area contributed by atoms with Crippen molar-refractivity contribution in [1.82, 2.24) is 0 Å². The first-order valence-electron chi connectivity index (χ1n) is 5.81. The lowest BCUT2D eigenvalue weighted by Gasteiger charge is -2.30. The third kappa shape index (κ3) is 2.52. The number of rotatable bonds is 0. The average Bonchev–Trinajstić information content (AvgIpc) is 2.82. The number of alkyl halides is 12. The van der Waals surface area contributed by atoms with Gasteiger partial charge in [-0.3, -0.25) is 0 Å². The second-order valence-electron chi connectivity index (χ2n) is 4.84. The SMILES string of the molecule is O=C1OC2(OC(=O)C(C(F)(F)F)(C(F)(F)F)O2)OC1(C(F)(F)F)C(F)(F)F. The molecule has 0 N–H and O–H groups in total. The monoisotopic (exact) mass is 432 g/mol. The van der Waals surface area contributed by atoms with E-state index in [2.05, 4.69) is 18.9 Å². The van der Waals surface area contributed by atoms with E-state index in [1.807, 2.05) is 0 Å². The molecular weight excluding hydrogens is 432 g/mol. The van der Waals surface area contributed by atoms with Crippen molar-refractivity contribution in [2.45, 2.75) is 42.1 Å². The molecule has 2 heterocycles. The van der Waals surface area contributed by atoms with Crippen LogP contribution >= 0.6 is 0 Å². The van der Waals surface area contributed by atoms with Crippen LogP contribution in [-0.4, -0.2) is 54.0 Å². The highest BCUT2D eigenvalue weighted by Gasteiger charge is 2.92. The maximum atomic E-state index is 12.8. The highest BCUT2D eigenvalue weighted by molar-refractivity contribution is 5.87. The van der Waals surface area contributed by atoms with Gasteiger partial charge in [0.25, 0.3) is 0 Å². The van der Waals surface area contributed by atoms with Crippen molar-refractivity contribution in [3.8, 4) is 0 Å². The van der Waals surface area contributed by atoms with Crippen LogP contribution in [0.5, 0.6) is 0 Å². The topological polar surface area (TPSA) is 71.1 Å². The molecule has 156 valence electrons. The fourth-order valence-corrected chi connectivity index (χ4v) is 1.97. The molecule has 2 aliphatic rings. The Hall–Kier alpha value is -1.98. The van der Waals surface area contributed by atoms with Crippen LogP contribution in [0.3, 0.4) is 0 Å². The molecule has 0 radical (unpaired) electrons. The van der Waals surface area contributed by atoms with E-state index in [-0.39, 0.29) is 0 Å². The van der Waals surface area contributed by atoms with Crippen molar-refractivity contribution in [3.05, 3.63) is 0 Å². The Bertz CT molecular complexity index is 583. The van der Waals surface area contributed by atoms with Crippen molar-refractivity contribution in [3.63, 3.8) is 0 Å². The zero-order valence-corrected chi connectivity index (χ0v) is 11.5. The summed E-state index contributed by atoms with van der Waals surface area (Å²) in [5.41, 5.74) is -12.2. The number of ether oxygens (including phenoxy) is 4. The molecule has 0 aromatic heterocycles. The molecular formula is C9F12O6. The molecule has 27 heavy (non-hydrogen) atoms. The molecule has 0 aromatic carbocycles. The normalized spacial score (nSPS) is 24.9. The second-order valence-corrected chi connectivity index (χ2v) is 4.84. The van der Waals surface area contributed by atoms with Gasteiger partial charge >= 0.3 is 54.0 Å². The van der Waals surface area contributed by atoms with E-state index in [9.17, 15) is 62.3 Å². The minimum Gasteiger partial charge on any atom is -0.371 e. The quantitative estimate of drug-likeness (QED) is 0.433. The van der Waals surface area contributed by atoms with Crippen LogP contribution in [0.2, 0.25) is 0 Å². The first-order valence-corrected chi connectivity index (χ1v) is 5.81. The van der Waals surface area contributed by atoms with Crippen LogP contribution in [0.15, 0.2) is 0 Å². The highest BCUT2D eigenvalue weighted by atomic mass is 19.4. The van der Waals surface area contributed by atoms with Gasteiger partial charge in [-0.1, -0.05) is 0 Å². The molecule has 2 rings (SSSR count). The summed E-state index contributed by atoms with van der Waals surface area (Å²) < 4.78 is 165. The first-order chi connectivity index (χ1) is 11.7. The number of hydrogen-bond donors (Lipinski definition) is 0. The van der Waals surface area contributed by atoms with Gasteiger partial charge < -0.3 is 9.47 Å². The Kier molecular flexibility index (Phi) is 4.02. The number of esters is 2. The van der Waals surface area contributed by atoms with Crippen LogP contribution in [0.25, 0.3) is 0 Å². The molecule has 0 bridgehead atoms. The van der Waals surface area contributed by atoms with E-state index in [1.165, 1.54) is 0 Å². The fraction of sp³-hybridized carbons (Fsp3) is 0.778. The molecule has 0 amide bonds. The predicted molar refractivity (Wildman–Crippen MR) is 46.8 cm³/mol. The van der Waals surface area contributed by atoms with E-state index in [0.29, 0.717) is 0 Å². The lowest BCUT2D eigenvalue weighted by atomic mass is 10.0. The van der Waals surface area contributed by atoms with Gasteiger partial charge in [0.1, 0.15) is 0 Å². The molecule has 0 aromatic rings. The van der Waals surface area contributed by atoms with E-state index in [4.69, 9.17) is 0 Å². The van der Waals surface area contributed by atoms with Crippen molar-refractivity contribution in [2.75, 3.05) is 0 Å². The minimum atomic E-state index is -6.82. The predicted octanol–water partition coefficient (Wildman–Crippen LogP) is 2.47. The van der Waals surface area contributed by atoms with Gasteiger partial charge in [0.2, 0.25) is 0 Å². The molecule has 0 saturated carbocycles. The summed E-state index contributed by atoms with van der Waals surface area (Å²) in [4.78, 5) is 22.3. The van der Waals surface area contributed by atoms with Crippen molar-refractivity contribution in [1.29, 1.82) is 0 Å². The van der Waals surface area contributed by atoms with E-state index in [1.54, 1.807) is 0 Å². The Morgan fingerprint density at radius 3 is 0.889 bits per heavy atom. The summed E-state index contributed by atoms with van der Waals surface area (Å²) in [6, 6.07) is 0. The maximum Gasteiger partial charge on any atom is 0.517 e. The molecule has 2 aliphatic heterocycles. The van der Waals surface area contributed by atoms with Crippen LogP contribution in [0, 0.1) is 0 Å². The fourth-order valence-electron chi connectivity index (χ4n) is 1.97. The average molecular weight is 432 g/mol. The standard InChI is InChI=1S/C9F12O6/c10-5(11,12)3(6(13,14)15)1(22)24-9(26-3)25-2(23)4(27-9,7(16,17)18)8(19,20)21. The van der Waals surface area contributed by atoms with Crippen LogP contribution < -0.4 is 0 Å². The van der Waals surface area contributed by atoms with Crippen molar-refractivity contribution >= 4 is 11.9 Å². The largest absolute Gasteiger partial charge is 0.517 e. The van der Waals surface area contributed by atoms with E-state index >= 15 is 0 Å². The summed E-state index contributed by atoms with van der Waals surface area (Å²) in [5.74, 6) is -7.15. The number of carbonyl (C=O) groups is 2.